The molecule has 0 fully saturated rings. The van der Waals surface area contributed by atoms with Crippen molar-refractivity contribution < 1.29 is 19.4 Å². The quantitative estimate of drug-likeness (QED) is 0.661. The van der Waals surface area contributed by atoms with Crippen molar-refractivity contribution in [3.63, 3.8) is 0 Å². The van der Waals surface area contributed by atoms with Gasteiger partial charge in [-0.1, -0.05) is 6.07 Å². The second-order valence-corrected chi connectivity index (χ2v) is 4.42. The minimum absolute atomic E-state index is 0.102. The van der Waals surface area contributed by atoms with Crippen LogP contribution in [0.3, 0.4) is 0 Å². The molecule has 0 heterocycles. The predicted molar refractivity (Wildman–Crippen MR) is 75.6 cm³/mol. The number of alkyl carbamates (subject to hydrolysis) is 1. The van der Waals surface area contributed by atoms with Crippen LogP contribution in [-0.2, 0) is 16.1 Å². The number of carbonyl (C=O) groups is 1. The van der Waals surface area contributed by atoms with Gasteiger partial charge < -0.3 is 25.2 Å². The van der Waals surface area contributed by atoms with Crippen LogP contribution < -0.4 is 10.6 Å². The average molecular weight is 282 g/mol. The molecule has 0 radical (unpaired) electrons. The summed E-state index contributed by atoms with van der Waals surface area (Å²) in [4.78, 5) is 10.9. The highest BCUT2D eigenvalue weighted by atomic mass is 16.5. The number of nitrogens with one attached hydrogen (secondary N) is 2. The van der Waals surface area contributed by atoms with Gasteiger partial charge in [0.2, 0.25) is 0 Å². The number of amides is 1. The zero-order chi connectivity index (χ0) is 15.0. The Kier molecular flexibility index (Phi) is 6.83. The second kappa shape index (κ2) is 8.39. The highest BCUT2D eigenvalue weighted by molar-refractivity contribution is 5.66. The molecule has 0 bridgehead atoms. The zero-order valence-electron chi connectivity index (χ0n) is 12.1. The molecule has 0 saturated carbocycles. The van der Waals surface area contributed by atoms with Crippen LogP contribution in [0.15, 0.2) is 18.2 Å². The van der Waals surface area contributed by atoms with E-state index in [0.717, 1.165) is 11.1 Å². The van der Waals surface area contributed by atoms with E-state index in [2.05, 4.69) is 15.4 Å². The minimum Gasteiger partial charge on any atom is -0.508 e. The Morgan fingerprint density at radius 1 is 1.35 bits per heavy atom. The number of phenolic OH excluding ortho intramolecular Hbond substituents is 1. The van der Waals surface area contributed by atoms with Crippen molar-refractivity contribution in [3.05, 3.63) is 29.3 Å². The molecule has 0 aliphatic heterocycles. The van der Waals surface area contributed by atoms with Crippen LogP contribution in [0.4, 0.5) is 4.79 Å². The van der Waals surface area contributed by atoms with Gasteiger partial charge in [0.15, 0.2) is 0 Å². The third-order valence-corrected chi connectivity index (χ3v) is 2.93. The highest BCUT2D eigenvalue weighted by Gasteiger charge is 2.08. The smallest absolute Gasteiger partial charge is 0.406 e. The van der Waals surface area contributed by atoms with Crippen molar-refractivity contribution in [1.82, 2.24) is 10.6 Å². The fraction of sp³-hybridized carbons (Fsp3) is 0.500. The van der Waals surface area contributed by atoms with Crippen molar-refractivity contribution in [1.29, 1.82) is 0 Å². The molecule has 0 spiro atoms. The molecule has 1 amide bonds. The fourth-order valence-electron chi connectivity index (χ4n) is 1.79. The molecule has 112 valence electrons. The molecular weight excluding hydrogens is 260 g/mol. The summed E-state index contributed by atoms with van der Waals surface area (Å²) in [5.41, 5.74) is 1.80. The number of hydrogen-bond acceptors (Lipinski definition) is 5. The summed E-state index contributed by atoms with van der Waals surface area (Å²) < 4.78 is 9.52. The first-order chi connectivity index (χ1) is 9.58. The number of benzene rings is 1. The topological polar surface area (TPSA) is 79.8 Å². The molecular formula is C14H22N2O4. The molecule has 1 aromatic rings. The van der Waals surface area contributed by atoms with E-state index in [4.69, 9.17) is 4.74 Å². The molecule has 1 aromatic carbocycles. The van der Waals surface area contributed by atoms with Gasteiger partial charge in [0.1, 0.15) is 5.75 Å². The summed E-state index contributed by atoms with van der Waals surface area (Å²) in [6, 6.07) is 5.53. The summed E-state index contributed by atoms with van der Waals surface area (Å²) in [6.07, 6.45) is -0.438. The summed E-state index contributed by atoms with van der Waals surface area (Å²) in [5.74, 6) is 0.232. The number of phenols is 1. The summed E-state index contributed by atoms with van der Waals surface area (Å²) in [7, 11) is 2.92. The van der Waals surface area contributed by atoms with Gasteiger partial charge in [0.25, 0.3) is 0 Å². The molecule has 0 saturated heterocycles. The Hall–Kier alpha value is -1.79. The van der Waals surface area contributed by atoms with Gasteiger partial charge in [-0.3, -0.25) is 0 Å². The largest absolute Gasteiger partial charge is 0.508 e. The van der Waals surface area contributed by atoms with E-state index in [1.165, 1.54) is 7.11 Å². The molecule has 1 rings (SSSR count). The van der Waals surface area contributed by atoms with Gasteiger partial charge in [-0.05, 0) is 24.6 Å². The minimum atomic E-state index is -0.438. The summed E-state index contributed by atoms with van der Waals surface area (Å²) in [5, 5.41) is 15.6. The predicted octanol–water partition coefficient (Wildman–Crippen LogP) is 1.55. The van der Waals surface area contributed by atoms with Gasteiger partial charge in [-0.2, -0.15) is 0 Å². The maximum Gasteiger partial charge on any atom is 0.406 e. The number of rotatable bonds is 7. The van der Waals surface area contributed by atoms with Gasteiger partial charge in [-0.15, -0.1) is 0 Å². The maximum atomic E-state index is 10.9. The fourth-order valence-corrected chi connectivity index (χ4v) is 1.79. The summed E-state index contributed by atoms with van der Waals surface area (Å²) >= 11 is 0. The van der Waals surface area contributed by atoms with Crippen molar-refractivity contribution in [2.24, 2.45) is 0 Å². The van der Waals surface area contributed by atoms with E-state index >= 15 is 0 Å². The Morgan fingerprint density at radius 2 is 2.10 bits per heavy atom. The van der Waals surface area contributed by atoms with Gasteiger partial charge in [0, 0.05) is 31.8 Å². The average Bonchev–Trinajstić information content (AvgIpc) is 2.45. The normalized spacial score (nSPS) is 11.9. The lowest BCUT2D eigenvalue weighted by Gasteiger charge is -2.16. The molecule has 0 aliphatic rings. The second-order valence-electron chi connectivity index (χ2n) is 4.42. The highest BCUT2D eigenvalue weighted by Crippen LogP contribution is 2.22. The van der Waals surface area contributed by atoms with Crippen molar-refractivity contribution in [3.8, 4) is 5.75 Å². The number of hydrogen-bond donors (Lipinski definition) is 3. The van der Waals surface area contributed by atoms with Crippen LogP contribution in [-0.4, -0.2) is 38.5 Å². The number of ether oxygens (including phenoxy) is 2. The molecule has 6 heteroatoms. The SMILES string of the molecule is COCc1cc(C(C)NCCNC(=O)OC)ccc1O. The summed E-state index contributed by atoms with van der Waals surface area (Å²) in [6.45, 7) is 3.49. The van der Waals surface area contributed by atoms with Crippen LogP contribution in [0.2, 0.25) is 0 Å². The first kappa shape index (κ1) is 16.3. The van der Waals surface area contributed by atoms with Crippen molar-refractivity contribution >= 4 is 6.09 Å². The third-order valence-electron chi connectivity index (χ3n) is 2.93. The van der Waals surface area contributed by atoms with E-state index in [0.29, 0.717) is 19.7 Å². The molecule has 20 heavy (non-hydrogen) atoms. The van der Waals surface area contributed by atoms with Crippen LogP contribution in [0.5, 0.6) is 5.75 Å². The molecule has 1 atom stereocenters. The van der Waals surface area contributed by atoms with Crippen molar-refractivity contribution in [2.75, 3.05) is 27.3 Å². The lowest BCUT2D eigenvalue weighted by atomic mass is 10.0. The van der Waals surface area contributed by atoms with E-state index in [-0.39, 0.29) is 11.8 Å². The molecule has 3 N–H and O–H groups in total. The van der Waals surface area contributed by atoms with E-state index in [1.54, 1.807) is 13.2 Å². The number of methoxy groups -OCH3 is 2. The molecule has 6 nitrogen and oxygen atoms in total. The Bertz CT molecular complexity index is 437. The van der Waals surface area contributed by atoms with Crippen LogP contribution in [0.25, 0.3) is 0 Å². The zero-order valence-corrected chi connectivity index (χ0v) is 12.1. The molecule has 1 unspecified atom stereocenters. The Balaban J connectivity index is 2.48. The number of carbonyl (C=O) groups excluding carboxylic acids is 1. The van der Waals surface area contributed by atoms with Crippen LogP contribution in [0.1, 0.15) is 24.1 Å². The first-order valence-electron chi connectivity index (χ1n) is 6.44. The van der Waals surface area contributed by atoms with Gasteiger partial charge in [0.05, 0.1) is 13.7 Å². The monoisotopic (exact) mass is 282 g/mol. The van der Waals surface area contributed by atoms with E-state index in [1.807, 2.05) is 19.1 Å². The maximum absolute atomic E-state index is 10.9. The van der Waals surface area contributed by atoms with Crippen LogP contribution >= 0.6 is 0 Å². The van der Waals surface area contributed by atoms with Gasteiger partial charge in [-0.25, -0.2) is 4.79 Å². The number of aromatic hydroxyl groups is 1. The lowest BCUT2D eigenvalue weighted by molar-refractivity contribution is 0.171. The van der Waals surface area contributed by atoms with Crippen molar-refractivity contribution in [2.45, 2.75) is 19.6 Å². The Morgan fingerprint density at radius 3 is 2.75 bits per heavy atom. The third kappa shape index (κ3) is 5.07. The van der Waals surface area contributed by atoms with Gasteiger partial charge >= 0.3 is 6.09 Å². The first-order valence-corrected chi connectivity index (χ1v) is 6.44. The van der Waals surface area contributed by atoms with E-state index < -0.39 is 6.09 Å². The lowest BCUT2D eigenvalue weighted by Crippen LogP contribution is -2.32. The van der Waals surface area contributed by atoms with E-state index in [9.17, 15) is 9.90 Å². The standard InChI is InChI=1S/C14H22N2O4/c1-10(15-6-7-16-14(18)20-3)11-4-5-13(17)12(8-11)9-19-2/h4-5,8,10,15,17H,6-7,9H2,1-3H3,(H,16,18). The van der Waals surface area contributed by atoms with Crippen LogP contribution in [0, 0.1) is 0 Å². The molecule has 0 aliphatic carbocycles. The Labute approximate surface area is 119 Å². The molecule has 0 aromatic heterocycles.